The summed E-state index contributed by atoms with van der Waals surface area (Å²) in [6.07, 6.45) is 0. The number of hydrogen-bond donors (Lipinski definition) is 1. The van der Waals surface area contributed by atoms with Gasteiger partial charge in [0.2, 0.25) is 0 Å². The second-order valence-electron chi connectivity index (χ2n) is 5.28. The summed E-state index contributed by atoms with van der Waals surface area (Å²) in [5.41, 5.74) is 1.96. The van der Waals surface area contributed by atoms with Crippen LogP contribution >= 0.6 is 12.2 Å². The maximum Gasteiger partial charge on any atom is 0.261 e. The smallest absolute Gasteiger partial charge is 0.261 e. The molecule has 0 aliphatic carbocycles. The molecule has 0 radical (unpaired) electrons. The summed E-state index contributed by atoms with van der Waals surface area (Å²) in [5, 5.41) is 3.23. The van der Waals surface area contributed by atoms with E-state index in [-0.39, 0.29) is 30.1 Å². The van der Waals surface area contributed by atoms with Gasteiger partial charge in [0, 0.05) is 6.54 Å². The third-order valence-corrected chi connectivity index (χ3v) is 3.97. The molecule has 6 heteroatoms. The molecule has 0 spiro atoms. The van der Waals surface area contributed by atoms with Crippen molar-refractivity contribution in [1.82, 2.24) is 10.2 Å². The average Bonchev–Trinajstić information content (AvgIpc) is 2.86. The maximum atomic E-state index is 12.2. The molecule has 122 valence electrons. The van der Waals surface area contributed by atoms with Crippen molar-refractivity contribution in [1.29, 1.82) is 0 Å². The molecule has 0 saturated carbocycles. The number of carbonyl (C=O) groups excluding carboxylic acids is 2. The van der Waals surface area contributed by atoms with Crippen LogP contribution in [0.25, 0.3) is 0 Å². The Hall–Kier alpha value is -2.73. The predicted octanol–water partition coefficient (Wildman–Crippen LogP) is 2.37. The topological polar surface area (TPSA) is 58.6 Å². The summed E-state index contributed by atoms with van der Waals surface area (Å²) in [4.78, 5) is 25.6. The zero-order valence-electron chi connectivity index (χ0n) is 12.9. The molecule has 2 amide bonds. The van der Waals surface area contributed by atoms with E-state index in [2.05, 4.69) is 5.32 Å². The van der Waals surface area contributed by atoms with E-state index in [0.29, 0.717) is 17.7 Å². The van der Waals surface area contributed by atoms with E-state index in [0.717, 1.165) is 5.56 Å². The van der Waals surface area contributed by atoms with Crippen molar-refractivity contribution in [3.63, 3.8) is 0 Å². The van der Waals surface area contributed by atoms with Gasteiger partial charge < -0.3 is 10.1 Å². The minimum absolute atomic E-state index is 0.159. The highest BCUT2D eigenvalue weighted by Crippen LogP contribution is 2.21. The largest absolute Gasteiger partial charge is 0.469 e. The van der Waals surface area contributed by atoms with Crippen LogP contribution < -0.4 is 5.32 Å². The second-order valence-corrected chi connectivity index (χ2v) is 5.65. The molecule has 2 aromatic carbocycles. The van der Waals surface area contributed by atoms with Crippen LogP contribution in [0.2, 0.25) is 0 Å². The Morgan fingerprint density at radius 1 is 0.958 bits per heavy atom. The predicted molar refractivity (Wildman–Crippen MR) is 93.6 cm³/mol. The summed E-state index contributed by atoms with van der Waals surface area (Å²) < 4.78 is 5.40. The second kappa shape index (κ2) is 7.23. The normalized spacial score (nSPS) is 12.9. The van der Waals surface area contributed by atoms with Crippen LogP contribution in [0.4, 0.5) is 0 Å². The third-order valence-electron chi connectivity index (χ3n) is 3.71. The first-order valence-electron chi connectivity index (χ1n) is 7.56. The summed E-state index contributed by atoms with van der Waals surface area (Å²) >= 11 is 5.10. The number of nitrogens with one attached hydrogen (secondary N) is 1. The standard InChI is InChI=1S/C18H16N2O3S/c21-16-14-8-4-5-9-15(14)17(22)20(16)10-11-23-18(24)19-12-13-6-2-1-3-7-13/h1-9H,10-12H2,(H,19,24). The van der Waals surface area contributed by atoms with E-state index in [4.69, 9.17) is 17.0 Å². The van der Waals surface area contributed by atoms with Crippen molar-refractivity contribution in [2.45, 2.75) is 6.54 Å². The SMILES string of the molecule is O=C1c2ccccc2C(=O)N1CCOC(=S)NCc1ccccc1. The number of ether oxygens (including phenoxy) is 1. The third kappa shape index (κ3) is 3.44. The number of amides is 2. The molecule has 0 bridgehead atoms. The number of benzene rings is 2. The number of rotatable bonds is 5. The molecule has 0 fully saturated rings. The van der Waals surface area contributed by atoms with E-state index in [1.165, 1.54) is 4.90 Å². The first kappa shape index (κ1) is 16.1. The number of carbonyl (C=O) groups is 2. The number of hydrogen-bond acceptors (Lipinski definition) is 4. The Morgan fingerprint density at radius 3 is 2.17 bits per heavy atom. The molecule has 1 heterocycles. The van der Waals surface area contributed by atoms with Gasteiger partial charge in [-0.25, -0.2) is 0 Å². The monoisotopic (exact) mass is 340 g/mol. The Kier molecular flexibility index (Phi) is 4.86. The van der Waals surface area contributed by atoms with Gasteiger partial charge in [0.1, 0.15) is 6.61 Å². The van der Waals surface area contributed by atoms with E-state index in [9.17, 15) is 9.59 Å². The van der Waals surface area contributed by atoms with Gasteiger partial charge in [-0.05, 0) is 29.9 Å². The van der Waals surface area contributed by atoms with Crippen molar-refractivity contribution in [2.75, 3.05) is 13.2 Å². The van der Waals surface area contributed by atoms with E-state index >= 15 is 0 Å². The van der Waals surface area contributed by atoms with Gasteiger partial charge in [-0.2, -0.15) is 0 Å². The maximum absolute atomic E-state index is 12.2. The Bertz CT molecular complexity index is 742. The van der Waals surface area contributed by atoms with Gasteiger partial charge in [-0.1, -0.05) is 42.5 Å². The van der Waals surface area contributed by atoms with Crippen molar-refractivity contribution >= 4 is 29.2 Å². The van der Waals surface area contributed by atoms with Crippen LogP contribution in [0.5, 0.6) is 0 Å². The molecule has 1 N–H and O–H groups in total. The lowest BCUT2D eigenvalue weighted by molar-refractivity contribution is 0.0628. The lowest BCUT2D eigenvalue weighted by Crippen LogP contribution is -2.34. The van der Waals surface area contributed by atoms with E-state index < -0.39 is 0 Å². The van der Waals surface area contributed by atoms with Crippen LogP contribution in [0, 0.1) is 0 Å². The quantitative estimate of drug-likeness (QED) is 0.669. The highest BCUT2D eigenvalue weighted by molar-refractivity contribution is 7.80. The molecule has 0 saturated heterocycles. The molecule has 1 aliphatic heterocycles. The fraction of sp³-hybridized carbons (Fsp3) is 0.167. The van der Waals surface area contributed by atoms with Crippen LogP contribution in [0.15, 0.2) is 54.6 Å². The molecule has 24 heavy (non-hydrogen) atoms. The minimum atomic E-state index is -0.289. The lowest BCUT2D eigenvalue weighted by Gasteiger charge is -2.15. The summed E-state index contributed by atoms with van der Waals surface area (Å²) in [6, 6.07) is 16.6. The van der Waals surface area contributed by atoms with E-state index in [1.54, 1.807) is 24.3 Å². The Morgan fingerprint density at radius 2 is 1.54 bits per heavy atom. The zero-order chi connectivity index (χ0) is 16.9. The van der Waals surface area contributed by atoms with Gasteiger partial charge in [0.05, 0.1) is 17.7 Å². The molecule has 2 aromatic rings. The fourth-order valence-corrected chi connectivity index (χ4v) is 2.65. The van der Waals surface area contributed by atoms with Crippen LogP contribution in [-0.2, 0) is 11.3 Å². The van der Waals surface area contributed by atoms with E-state index in [1.807, 2.05) is 30.3 Å². The van der Waals surface area contributed by atoms with Crippen LogP contribution in [0.3, 0.4) is 0 Å². The van der Waals surface area contributed by atoms with Gasteiger partial charge in [-0.3, -0.25) is 14.5 Å². The minimum Gasteiger partial charge on any atom is -0.469 e. The molecule has 0 aromatic heterocycles. The van der Waals surface area contributed by atoms with Crippen molar-refractivity contribution in [3.05, 3.63) is 71.3 Å². The molecule has 0 atom stereocenters. The molecule has 1 aliphatic rings. The van der Waals surface area contributed by atoms with Gasteiger partial charge >= 0.3 is 0 Å². The van der Waals surface area contributed by atoms with Crippen molar-refractivity contribution in [3.8, 4) is 0 Å². The molecule has 3 rings (SSSR count). The fourth-order valence-electron chi connectivity index (χ4n) is 2.49. The first-order chi connectivity index (χ1) is 11.7. The number of imide groups is 1. The molecular formula is C18H16N2O3S. The number of nitrogens with zero attached hydrogens (tertiary/aromatic N) is 1. The van der Waals surface area contributed by atoms with Crippen molar-refractivity contribution in [2.24, 2.45) is 0 Å². The van der Waals surface area contributed by atoms with Gasteiger partial charge in [0.15, 0.2) is 0 Å². The molecule has 0 unspecified atom stereocenters. The highest BCUT2D eigenvalue weighted by Gasteiger charge is 2.34. The molecular weight excluding hydrogens is 324 g/mol. The Balaban J connectivity index is 1.46. The summed E-state index contributed by atoms with van der Waals surface area (Å²) in [5.74, 6) is -0.579. The summed E-state index contributed by atoms with van der Waals surface area (Å²) in [6.45, 7) is 0.887. The van der Waals surface area contributed by atoms with Crippen LogP contribution in [0.1, 0.15) is 26.3 Å². The van der Waals surface area contributed by atoms with Crippen molar-refractivity contribution < 1.29 is 14.3 Å². The lowest BCUT2D eigenvalue weighted by atomic mass is 10.1. The Labute approximate surface area is 145 Å². The summed E-state index contributed by atoms with van der Waals surface area (Å²) in [7, 11) is 0. The zero-order valence-corrected chi connectivity index (χ0v) is 13.7. The average molecular weight is 340 g/mol. The van der Waals surface area contributed by atoms with Gasteiger partial charge in [-0.15, -0.1) is 0 Å². The number of thiocarbonyl (C=S) groups is 1. The number of fused-ring (bicyclic) bond motifs is 1. The van der Waals surface area contributed by atoms with Crippen LogP contribution in [-0.4, -0.2) is 35.0 Å². The first-order valence-corrected chi connectivity index (χ1v) is 7.97. The highest BCUT2D eigenvalue weighted by atomic mass is 32.1. The van der Waals surface area contributed by atoms with Gasteiger partial charge in [0.25, 0.3) is 17.0 Å². The molecule has 5 nitrogen and oxygen atoms in total.